The van der Waals surface area contributed by atoms with Crippen LogP contribution >= 0.6 is 0 Å². The van der Waals surface area contributed by atoms with Gasteiger partial charge in [-0.15, -0.1) is 0 Å². The molecule has 1 amide bonds. The average molecular weight is 400 g/mol. The zero-order chi connectivity index (χ0) is 21.0. The van der Waals surface area contributed by atoms with Crippen molar-refractivity contribution in [2.24, 2.45) is 0 Å². The van der Waals surface area contributed by atoms with Crippen LogP contribution in [0.3, 0.4) is 0 Å². The Bertz CT molecular complexity index is 387. The molecule has 0 aliphatic rings. The first kappa shape index (κ1) is 26.7. The molecule has 1 atom stereocenters. The van der Waals surface area contributed by atoms with Crippen molar-refractivity contribution in [2.45, 2.75) is 117 Å². The van der Waals surface area contributed by atoms with E-state index in [1.807, 2.05) is 6.92 Å². The molecule has 0 aromatic rings. The summed E-state index contributed by atoms with van der Waals surface area (Å²) in [6.07, 6.45) is 17.1. The fourth-order valence-corrected chi connectivity index (χ4v) is 3.02. The number of hydrogen-bond donors (Lipinski definition) is 0. The Morgan fingerprint density at radius 3 is 1.61 bits per heavy atom. The van der Waals surface area contributed by atoms with Crippen LogP contribution in [0.5, 0.6) is 0 Å². The molecule has 0 rings (SSSR count). The van der Waals surface area contributed by atoms with Crippen LogP contribution in [0.25, 0.3) is 0 Å². The monoisotopic (exact) mass is 399 g/mol. The molecule has 5 nitrogen and oxygen atoms in total. The highest BCUT2D eigenvalue weighted by Gasteiger charge is 2.24. The fraction of sp³-hybridized carbons (Fsp3) is 0.913. The van der Waals surface area contributed by atoms with E-state index < -0.39 is 12.1 Å². The third-order valence-electron chi connectivity index (χ3n) is 5.13. The summed E-state index contributed by atoms with van der Waals surface area (Å²) in [5, 5.41) is 0. The number of carbonyl (C=O) groups excluding carboxylic acids is 2. The number of amides is 1. The Kier molecular flexibility index (Phi) is 18.2. The smallest absolute Gasteiger partial charge is 0.410 e. The van der Waals surface area contributed by atoms with Gasteiger partial charge in [0.25, 0.3) is 0 Å². The van der Waals surface area contributed by atoms with E-state index in [-0.39, 0.29) is 5.97 Å². The lowest BCUT2D eigenvalue weighted by molar-refractivity contribution is -0.148. The molecule has 0 heterocycles. The molecule has 0 saturated heterocycles. The highest BCUT2D eigenvalue weighted by atomic mass is 16.6. The van der Waals surface area contributed by atoms with E-state index >= 15 is 0 Å². The van der Waals surface area contributed by atoms with Crippen LogP contribution in [-0.4, -0.2) is 43.3 Å². The quantitative estimate of drug-likeness (QED) is 0.195. The van der Waals surface area contributed by atoms with Crippen LogP contribution in [0.2, 0.25) is 0 Å². The van der Waals surface area contributed by atoms with Gasteiger partial charge in [-0.3, -0.25) is 4.90 Å². The molecule has 5 heteroatoms. The second-order valence-electron chi connectivity index (χ2n) is 7.81. The van der Waals surface area contributed by atoms with Crippen LogP contribution in [-0.2, 0) is 14.3 Å². The predicted molar refractivity (Wildman–Crippen MR) is 116 cm³/mol. The predicted octanol–water partition coefficient (Wildman–Crippen LogP) is 6.49. The molecule has 0 aliphatic heterocycles. The van der Waals surface area contributed by atoms with Gasteiger partial charge in [-0.25, -0.2) is 9.59 Å². The minimum Gasteiger partial charge on any atom is -0.464 e. The Morgan fingerprint density at radius 2 is 1.14 bits per heavy atom. The summed E-state index contributed by atoms with van der Waals surface area (Å²) in [4.78, 5) is 25.0. The van der Waals surface area contributed by atoms with Crippen molar-refractivity contribution < 1.29 is 19.1 Å². The molecule has 0 radical (unpaired) electrons. The van der Waals surface area contributed by atoms with Crippen LogP contribution in [0.15, 0.2) is 0 Å². The SMILES string of the molecule is CCCCCCCCCCCCCCCOC(=O)C(C)N(C)C(=O)OCCC. The Balaban J connectivity index is 3.50. The van der Waals surface area contributed by atoms with Crippen molar-refractivity contribution in [1.29, 1.82) is 0 Å². The van der Waals surface area contributed by atoms with Crippen molar-refractivity contribution in [3.05, 3.63) is 0 Å². The highest BCUT2D eigenvalue weighted by Crippen LogP contribution is 2.12. The summed E-state index contributed by atoms with van der Waals surface area (Å²) in [6, 6.07) is -0.619. The van der Waals surface area contributed by atoms with E-state index in [2.05, 4.69) is 6.92 Å². The maximum Gasteiger partial charge on any atom is 0.410 e. The number of carbonyl (C=O) groups is 2. The van der Waals surface area contributed by atoms with E-state index in [4.69, 9.17) is 9.47 Å². The maximum atomic E-state index is 12.0. The third kappa shape index (κ3) is 14.8. The van der Waals surface area contributed by atoms with E-state index in [0.717, 1.165) is 19.3 Å². The van der Waals surface area contributed by atoms with Crippen LogP contribution in [0.1, 0.15) is 111 Å². The lowest BCUT2D eigenvalue weighted by Crippen LogP contribution is -2.41. The van der Waals surface area contributed by atoms with E-state index in [1.165, 1.54) is 75.5 Å². The van der Waals surface area contributed by atoms with Gasteiger partial charge in [0.05, 0.1) is 13.2 Å². The number of hydrogen-bond acceptors (Lipinski definition) is 4. The van der Waals surface area contributed by atoms with Crippen molar-refractivity contribution in [1.82, 2.24) is 4.90 Å². The Morgan fingerprint density at radius 1 is 0.679 bits per heavy atom. The molecular weight excluding hydrogens is 354 g/mol. The number of esters is 1. The van der Waals surface area contributed by atoms with Crippen molar-refractivity contribution in [3.63, 3.8) is 0 Å². The zero-order valence-electron chi connectivity index (χ0n) is 19.0. The van der Waals surface area contributed by atoms with Crippen molar-refractivity contribution in [2.75, 3.05) is 20.3 Å². The zero-order valence-corrected chi connectivity index (χ0v) is 19.0. The molecule has 0 aromatic carbocycles. The fourth-order valence-electron chi connectivity index (χ4n) is 3.02. The lowest BCUT2D eigenvalue weighted by atomic mass is 10.0. The maximum absolute atomic E-state index is 12.0. The average Bonchev–Trinajstić information content (AvgIpc) is 2.70. The first-order valence-corrected chi connectivity index (χ1v) is 11.6. The number of rotatable bonds is 18. The van der Waals surface area contributed by atoms with Gasteiger partial charge in [-0.2, -0.15) is 0 Å². The summed E-state index contributed by atoms with van der Waals surface area (Å²) in [6.45, 7) is 6.65. The van der Waals surface area contributed by atoms with Gasteiger partial charge in [-0.05, 0) is 19.8 Å². The van der Waals surface area contributed by atoms with Crippen molar-refractivity contribution in [3.8, 4) is 0 Å². The molecule has 0 fully saturated rings. The molecule has 0 aliphatic carbocycles. The molecule has 28 heavy (non-hydrogen) atoms. The molecule has 1 unspecified atom stereocenters. The number of likely N-dealkylation sites (N-methyl/N-ethyl adjacent to an activating group) is 1. The number of ether oxygens (including phenoxy) is 2. The van der Waals surface area contributed by atoms with Crippen LogP contribution < -0.4 is 0 Å². The number of nitrogens with zero attached hydrogens (tertiary/aromatic N) is 1. The molecule has 0 saturated carbocycles. The summed E-state index contributed by atoms with van der Waals surface area (Å²) in [5.74, 6) is -0.366. The van der Waals surface area contributed by atoms with Gasteiger partial charge in [0.1, 0.15) is 6.04 Å². The molecule has 0 N–H and O–H groups in total. The normalized spacial score (nSPS) is 11.9. The summed E-state index contributed by atoms with van der Waals surface area (Å²) < 4.78 is 10.3. The van der Waals surface area contributed by atoms with E-state index in [9.17, 15) is 9.59 Å². The van der Waals surface area contributed by atoms with Crippen molar-refractivity contribution >= 4 is 12.1 Å². The second kappa shape index (κ2) is 19.1. The minimum absolute atomic E-state index is 0.365. The Labute approximate surface area is 173 Å². The van der Waals surface area contributed by atoms with Gasteiger partial charge in [0.2, 0.25) is 0 Å². The van der Waals surface area contributed by atoms with Gasteiger partial charge >= 0.3 is 12.1 Å². The van der Waals surface area contributed by atoms with Gasteiger partial charge in [0, 0.05) is 7.05 Å². The largest absolute Gasteiger partial charge is 0.464 e. The van der Waals surface area contributed by atoms with Crippen LogP contribution in [0.4, 0.5) is 4.79 Å². The first-order chi connectivity index (χ1) is 13.5. The summed E-state index contributed by atoms with van der Waals surface area (Å²) >= 11 is 0. The Hall–Kier alpha value is -1.26. The standard InChI is InChI=1S/C23H45NO4/c1-5-7-8-9-10-11-12-13-14-15-16-17-18-20-27-22(25)21(3)24(4)23(26)28-19-6-2/h21H,5-20H2,1-4H3. The second-order valence-corrected chi connectivity index (χ2v) is 7.81. The first-order valence-electron chi connectivity index (χ1n) is 11.6. The summed E-state index contributed by atoms with van der Waals surface area (Å²) in [7, 11) is 1.56. The minimum atomic E-state index is -0.619. The summed E-state index contributed by atoms with van der Waals surface area (Å²) in [5.41, 5.74) is 0. The molecule has 0 bridgehead atoms. The van der Waals surface area contributed by atoms with Gasteiger partial charge in [0.15, 0.2) is 0 Å². The van der Waals surface area contributed by atoms with E-state index in [0.29, 0.717) is 13.2 Å². The molecule has 0 aromatic heterocycles. The topological polar surface area (TPSA) is 55.8 Å². The molecular formula is C23H45NO4. The van der Waals surface area contributed by atoms with Crippen LogP contribution in [0, 0.1) is 0 Å². The lowest BCUT2D eigenvalue weighted by Gasteiger charge is -2.22. The third-order valence-corrected chi connectivity index (χ3v) is 5.13. The molecule has 166 valence electrons. The van der Waals surface area contributed by atoms with E-state index in [1.54, 1.807) is 14.0 Å². The highest BCUT2D eigenvalue weighted by molar-refractivity contribution is 5.80. The van der Waals surface area contributed by atoms with Gasteiger partial charge in [-0.1, -0.05) is 90.9 Å². The van der Waals surface area contributed by atoms with Gasteiger partial charge < -0.3 is 9.47 Å². The number of unbranched alkanes of at least 4 members (excludes halogenated alkanes) is 12. The molecule has 0 spiro atoms.